The van der Waals surface area contributed by atoms with E-state index in [1.54, 1.807) is 35.8 Å². The molecule has 14 heteroatoms. The highest BCUT2D eigenvalue weighted by Gasteiger charge is 2.23. The third-order valence-corrected chi connectivity index (χ3v) is 7.30. The van der Waals surface area contributed by atoms with E-state index in [4.69, 9.17) is 23.7 Å². The molecule has 1 aromatic heterocycles. The fourth-order valence-electron chi connectivity index (χ4n) is 3.67. The lowest BCUT2D eigenvalue weighted by Gasteiger charge is -2.30. The lowest BCUT2D eigenvalue weighted by atomic mass is 10.2. The van der Waals surface area contributed by atoms with E-state index in [0.29, 0.717) is 95.4 Å². The number of aliphatic hydroxyl groups is 2. The zero-order valence-corrected chi connectivity index (χ0v) is 31.2. The van der Waals surface area contributed by atoms with Crippen LogP contribution < -0.4 is 4.74 Å². The first-order chi connectivity index (χ1) is 22.6. The average Bonchev–Trinajstić information content (AvgIpc) is 3.08. The van der Waals surface area contributed by atoms with Gasteiger partial charge >= 0.3 is 5.97 Å². The summed E-state index contributed by atoms with van der Waals surface area (Å²) in [4.78, 5) is 31.5. The predicted octanol–water partition coefficient (Wildman–Crippen LogP) is 3.03. The van der Waals surface area contributed by atoms with Crippen molar-refractivity contribution >= 4 is 23.6 Å². The summed E-state index contributed by atoms with van der Waals surface area (Å²) >= 11 is 1.61. The summed E-state index contributed by atoms with van der Waals surface area (Å²) in [6.07, 6.45) is 0.230. The highest BCUT2D eigenvalue weighted by Crippen LogP contribution is 2.25. The molecule has 13 nitrogen and oxygen atoms in total. The molecule has 0 atom stereocenters. The molecule has 1 rings (SSSR count). The summed E-state index contributed by atoms with van der Waals surface area (Å²) in [5.41, 5.74) is 0.907. The van der Waals surface area contributed by atoms with Gasteiger partial charge in [0, 0.05) is 43.6 Å². The van der Waals surface area contributed by atoms with Gasteiger partial charge in [-0.25, -0.2) is 0 Å². The number of pyridine rings is 1. The van der Waals surface area contributed by atoms with Crippen LogP contribution in [-0.2, 0) is 46.5 Å². The Balaban J connectivity index is 0. The van der Waals surface area contributed by atoms with Crippen molar-refractivity contribution in [1.29, 1.82) is 0 Å². The Morgan fingerprint density at radius 2 is 1.28 bits per heavy atom. The van der Waals surface area contributed by atoms with Gasteiger partial charge in [-0.05, 0) is 20.9 Å². The van der Waals surface area contributed by atoms with E-state index in [1.165, 1.54) is 7.11 Å². The molecule has 2 N–H and O–H groups in total. The van der Waals surface area contributed by atoms with Crippen LogP contribution in [0, 0.1) is 0 Å². The topological polar surface area (TPSA) is 149 Å². The van der Waals surface area contributed by atoms with Crippen LogP contribution in [0.25, 0.3) is 0 Å². The fourth-order valence-corrected chi connectivity index (χ4v) is 4.72. The van der Waals surface area contributed by atoms with E-state index in [1.807, 2.05) is 34.7 Å². The monoisotopic (exact) mass is 693 g/mol. The van der Waals surface area contributed by atoms with Gasteiger partial charge in [-0.15, -0.1) is 11.8 Å². The standard InChI is InChI=1S/C29H51N3O10S.2C2H6/c1-29(2,23-31(3)7-11-42-26-18-24(20-33)30-25(19-26)21-34)43-22-27(35)32(4)8-10-39-13-15-41-17-16-40-14-12-38-9-6-28(36)37-5;2*1-2/h18-19,33-34H,6-17,20-23H2,1-5H3;2*1-2H3. The molecule has 0 spiro atoms. The zero-order chi connectivity index (χ0) is 35.9. The first-order valence-corrected chi connectivity index (χ1v) is 17.4. The molecule has 0 aliphatic rings. The molecule has 0 unspecified atom stereocenters. The van der Waals surface area contributed by atoms with Crippen LogP contribution >= 0.6 is 11.8 Å². The van der Waals surface area contributed by atoms with Crippen molar-refractivity contribution in [3.05, 3.63) is 23.5 Å². The van der Waals surface area contributed by atoms with Gasteiger partial charge in [-0.2, -0.15) is 0 Å². The molecule has 0 aliphatic heterocycles. The Morgan fingerprint density at radius 1 is 0.787 bits per heavy atom. The number of nitrogens with zero attached hydrogens (tertiary/aromatic N) is 3. The SMILES string of the molecule is CC.CC.COC(=O)CCOCCOCCOCCOCCN(C)C(=O)CSC(C)(C)CN(C)CCOc1cc(CO)nc(CO)c1. The molecular formula is C33H63N3O10S. The summed E-state index contributed by atoms with van der Waals surface area (Å²) in [7, 11) is 5.13. The van der Waals surface area contributed by atoms with Crippen molar-refractivity contribution < 1.29 is 48.2 Å². The fraction of sp³-hybridized carbons (Fsp3) is 0.788. The Morgan fingerprint density at radius 3 is 1.77 bits per heavy atom. The van der Waals surface area contributed by atoms with Gasteiger partial charge in [0.1, 0.15) is 12.4 Å². The van der Waals surface area contributed by atoms with Crippen molar-refractivity contribution in [3.63, 3.8) is 0 Å². The maximum Gasteiger partial charge on any atom is 0.307 e. The van der Waals surface area contributed by atoms with Crippen LogP contribution in [0.3, 0.4) is 0 Å². The van der Waals surface area contributed by atoms with Crippen molar-refractivity contribution in [3.8, 4) is 5.75 Å². The zero-order valence-electron chi connectivity index (χ0n) is 30.4. The second-order valence-corrected chi connectivity index (χ2v) is 12.0. The van der Waals surface area contributed by atoms with Crippen LogP contribution in [0.1, 0.15) is 59.4 Å². The maximum absolute atomic E-state index is 12.6. The summed E-state index contributed by atoms with van der Waals surface area (Å²) in [6.45, 7) is 17.5. The number of carbonyl (C=O) groups is 2. The van der Waals surface area contributed by atoms with Crippen molar-refractivity contribution in [1.82, 2.24) is 14.8 Å². The number of hydrogen-bond acceptors (Lipinski definition) is 13. The van der Waals surface area contributed by atoms with E-state index in [0.717, 1.165) is 6.54 Å². The summed E-state index contributed by atoms with van der Waals surface area (Å²) in [6, 6.07) is 3.33. The number of likely N-dealkylation sites (N-methyl/N-ethyl adjacent to an activating group) is 2. The van der Waals surface area contributed by atoms with E-state index < -0.39 is 0 Å². The number of amides is 1. The number of methoxy groups -OCH3 is 1. The summed E-state index contributed by atoms with van der Waals surface area (Å²) in [5.74, 6) is 0.688. The third-order valence-electron chi connectivity index (χ3n) is 6.00. The largest absolute Gasteiger partial charge is 0.492 e. The second kappa shape index (κ2) is 31.2. The van der Waals surface area contributed by atoms with Gasteiger partial charge < -0.3 is 48.4 Å². The predicted molar refractivity (Wildman–Crippen MR) is 186 cm³/mol. The normalized spacial score (nSPS) is 10.9. The highest BCUT2D eigenvalue weighted by molar-refractivity contribution is 8.01. The van der Waals surface area contributed by atoms with Crippen LogP contribution in [0.15, 0.2) is 12.1 Å². The second-order valence-electron chi connectivity index (χ2n) is 10.3. The van der Waals surface area contributed by atoms with Crippen molar-refractivity contribution in [2.45, 2.75) is 65.9 Å². The maximum atomic E-state index is 12.6. The molecule has 0 saturated heterocycles. The number of hydrogen-bond donors (Lipinski definition) is 2. The molecule has 0 aliphatic carbocycles. The average molecular weight is 694 g/mol. The number of aliphatic hydroxyl groups excluding tert-OH is 2. The van der Waals surface area contributed by atoms with Gasteiger partial charge in [-0.3, -0.25) is 14.6 Å². The van der Waals surface area contributed by atoms with E-state index in [9.17, 15) is 19.8 Å². The molecule has 0 fully saturated rings. The van der Waals surface area contributed by atoms with Crippen LogP contribution in [0.5, 0.6) is 5.75 Å². The first kappa shape index (κ1) is 47.1. The minimum atomic E-state index is -0.297. The molecule has 0 bridgehead atoms. The van der Waals surface area contributed by atoms with Gasteiger partial charge in [0.25, 0.3) is 0 Å². The summed E-state index contributed by atoms with van der Waals surface area (Å²) in [5, 5.41) is 18.7. The van der Waals surface area contributed by atoms with E-state index in [-0.39, 0.29) is 36.3 Å². The molecule has 276 valence electrons. The summed E-state index contributed by atoms with van der Waals surface area (Å²) < 4.78 is 31.9. The van der Waals surface area contributed by atoms with Crippen LogP contribution in [-0.4, -0.2) is 148 Å². The van der Waals surface area contributed by atoms with E-state index in [2.05, 4.69) is 28.5 Å². The number of aromatic nitrogens is 1. The number of carbonyl (C=O) groups excluding carboxylic acids is 2. The van der Waals surface area contributed by atoms with Crippen LogP contribution in [0.4, 0.5) is 0 Å². The minimum Gasteiger partial charge on any atom is -0.492 e. The molecule has 1 aromatic rings. The minimum absolute atomic E-state index is 0.0485. The number of esters is 1. The molecule has 0 saturated carbocycles. The van der Waals surface area contributed by atoms with Gasteiger partial charge in [0.15, 0.2) is 0 Å². The Labute approximate surface area is 287 Å². The molecule has 1 amide bonds. The Kier molecular flexibility index (Phi) is 31.3. The molecule has 0 aromatic carbocycles. The van der Waals surface area contributed by atoms with Crippen molar-refractivity contribution in [2.24, 2.45) is 0 Å². The van der Waals surface area contributed by atoms with E-state index >= 15 is 0 Å². The lowest BCUT2D eigenvalue weighted by Crippen LogP contribution is -2.38. The number of thioether (sulfide) groups is 1. The van der Waals surface area contributed by atoms with Gasteiger partial charge in [-0.1, -0.05) is 27.7 Å². The lowest BCUT2D eigenvalue weighted by molar-refractivity contribution is -0.142. The number of ether oxygens (including phenoxy) is 6. The first-order valence-electron chi connectivity index (χ1n) is 16.4. The molecular weight excluding hydrogens is 630 g/mol. The molecule has 47 heavy (non-hydrogen) atoms. The molecule has 0 radical (unpaired) electrons. The van der Waals surface area contributed by atoms with Gasteiger partial charge in [0.2, 0.25) is 5.91 Å². The number of rotatable bonds is 26. The Hall–Kier alpha value is -2.04. The van der Waals surface area contributed by atoms with Gasteiger partial charge in [0.05, 0.1) is 96.7 Å². The molecule has 1 heterocycles. The Bertz CT molecular complexity index is 889. The van der Waals surface area contributed by atoms with Crippen molar-refractivity contribution in [2.75, 3.05) is 106 Å². The highest BCUT2D eigenvalue weighted by atomic mass is 32.2. The smallest absolute Gasteiger partial charge is 0.307 e. The quantitative estimate of drug-likeness (QED) is 0.108. The third kappa shape index (κ3) is 26.6. The van der Waals surface area contributed by atoms with Crippen LogP contribution in [0.2, 0.25) is 0 Å².